The molecule has 0 aromatic rings. The lowest BCUT2D eigenvalue weighted by Gasteiger charge is -2.14. The number of carbonyl (C=O) groups is 1. The van der Waals surface area contributed by atoms with E-state index in [0.717, 1.165) is 57.8 Å². The third-order valence-corrected chi connectivity index (χ3v) is 5.37. The average Bonchev–Trinajstić information content (AvgIpc) is 2.88. The highest BCUT2D eigenvalue weighted by Gasteiger charge is 2.15. The second-order valence-electron chi connectivity index (χ2n) is 8.50. The highest BCUT2D eigenvalue weighted by atomic mass is 16.3. The lowest BCUT2D eigenvalue weighted by molar-refractivity contribution is -0.117. The fraction of sp³-hybridized carbons (Fsp3) is 0.452. The number of aliphatic hydroxyl groups is 2. The lowest BCUT2D eigenvalue weighted by atomic mass is 10.0. The lowest BCUT2D eigenvalue weighted by Crippen LogP contribution is -2.37. The Morgan fingerprint density at radius 1 is 0.806 bits per heavy atom. The summed E-state index contributed by atoms with van der Waals surface area (Å²) < 4.78 is 0. The average molecular weight is 495 g/mol. The molecule has 1 aliphatic carbocycles. The fourth-order valence-corrected chi connectivity index (χ4v) is 3.38. The van der Waals surface area contributed by atoms with Gasteiger partial charge in [-0.05, 0) is 70.3 Å². The van der Waals surface area contributed by atoms with Crippen molar-refractivity contribution in [3.63, 3.8) is 0 Å². The van der Waals surface area contributed by atoms with Crippen LogP contribution in [0.1, 0.15) is 71.1 Å². The fourth-order valence-electron chi connectivity index (χ4n) is 3.38. The molecular formula is C31H46N2O3. The van der Waals surface area contributed by atoms with E-state index in [2.05, 4.69) is 90.5 Å². The number of aliphatic hydroxyl groups excluding tert-OH is 2. The minimum absolute atomic E-state index is 0.0445. The van der Waals surface area contributed by atoms with Gasteiger partial charge in [0.1, 0.15) is 12.0 Å². The van der Waals surface area contributed by atoms with Crippen LogP contribution in [0.4, 0.5) is 0 Å². The van der Waals surface area contributed by atoms with Crippen molar-refractivity contribution in [2.24, 2.45) is 0 Å². The standard InChI is InChI=1S/C31H46N2O3/c1-2-3-4-5-6-7-8-9-10-11-12-13-14-15-16-17-18-19-20-25-30(35)32-26-27-33-31(36)28-23-21-22-24-29(28)34/h3-4,6-7,9-10,12-13,15-16,18-19,23-24,30,32,34-35H,2,5,8,11,14,17,20-22,25-27H2,1H3,(H,33,36)/b4-3-,7-6-,10-9-,13-12-,16-15-,19-18-. The van der Waals surface area contributed by atoms with Gasteiger partial charge in [0.25, 0.3) is 5.91 Å². The van der Waals surface area contributed by atoms with Crippen LogP contribution in [0.5, 0.6) is 0 Å². The van der Waals surface area contributed by atoms with Crippen molar-refractivity contribution in [3.8, 4) is 0 Å². The largest absolute Gasteiger partial charge is 0.507 e. The summed E-state index contributed by atoms with van der Waals surface area (Å²) in [6.45, 7) is 3.00. The van der Waals surface area contributed by atoms with Gasteiger partial charge in [-0.2, -0.15) is 0 Å². The van der Waals surface area contributed by atoms with E-state index in [0.29, 0.717) is 25.1 Å². The number of allylic oxidation sites excluding steroid dienone is 14. The molecule has 0 radical (unpaired) electrons. The van der Waals surface area contributed by atoms with E-state index in [9.17, 15) is 15.0 Å². The first-order chi connectivity index (χ1) is 17.6. The monoisotopic (exact) mass is 494 g/mol. The van der Waals surface area contributed by atoms with E-state index >= 15 is 0 Å². The predicted octanol–water partition coefficient (Wildman–Crippen LogP) is 6.65. The summed E-state index contributed by atoms with van der Waals surface area (Å²) in [5.74, 6) is -0.235. The van der Waals surface area contributed by atoms with Crippen LogP contribution in [-0.4, -0.2) is 35.4 Å². The number of hydrogen-bond acceptors (Lipinski definition) is 4. The Hall–Kier alpha value is -2.89. The predicted molar refractivity (Wildman–Crippen MR) is 152 cm³/mol. The molecule has 1 amide bonds. The first-order valence-electron chi connectivity index (χ1n) is 13.3. The van der Waals surface area contributed by atoms with Crippen molar-refractivity contribution in [3.05, 3.63) is 96.4 Å². The van der Waals surface area contributed by atoms with Crippen LogP contribution in [0, 0.1) is 0 Å². The molecule has 0 heterocycles. The zero-order valence-electron chi connectivity index (χ0n) is 21.9. The normalized spacial score (nSPS) is 15.7. The molecule has 0 bridgehead atoms. The van der Waals surface area contributed by atoms with Gasteiger partial charge in [0.2, 0.25) is 0 Å². The zero-order valence-corrected chi connectivity index (χ0v) is 21.9. The summed E-state index contributed by atoms with van der Waals surface area (Å²) in [7, 11) is 0. The van der Waals surface area contributed by atoms with Gasteiger partial charge in [0.05, 0.1) is 5.57 Å². The third-order valence-electron chi connectivity index (χ3n) is 5.37. The first-order valence-corrected chi connectivity index (χ1v) is 13.3. The summed E-state index contributed by atoms with van der Waals surface area (Å²) in [5.41, 5.74) is 0.333. The summed E-state index contributed by atoms with van der Waals surface area (Å²) in [6, 6.07) is 0. The van der Waals surface area contributed by atoms with Crippen LogP contribution in [0.15, 0.2) is 96.4 Å². The molecule has 0 spiro atoms. The van der Waals surface area contributed by atoms with Crippen LogP contribution in [0.3, 0.4) is 0 Å². The minimum atomic E-state index is -0.609. The highest BCUT2D eigenvalue weighted by molar-refractivity contribution is 5.97. The van der Waals surface area contributed by atoms with Crippen LogP contribution in [-0.2, 0) is 4.79 Å². The molecule has 4 N–H and O–H groups in total. The maximum Gasteiger partial charge on any atom is 0.254 e. The number of amides is 1. The van der Waals surface area contributed by atoms with Gasteiger partial charge in [-0.3, -0.25) is 10.1 Å². The van der Waals surface area contributed by atoms with Gasteiger partial charge in [-0.25, -0.2) is 0 Å². The van der Waals surface area contributed by atoms with Crippen molar-refractivity contribution < 1.29 is 15.0 Å². The number of nitrogens with one attached hydrogen (secondary N) is 2. The third kappa shape index (κ3) is 17.5. The van der Waals surface area contributed by atoms with E-state index in [4.69, 9.17) is 0 Å². The molecular weight excluding hydrogens is 448 g/mol. The van der Waals surface area contributed by atoms with Crippen LogP contribution < -0.4 is 10.6 Å². The topological polar surface area (TPSA) is 81.6 Å². The number of rotatable bonds is 19. The van der Waals surface area contributed by atoms with Crippen LogP contribution in [0.25, 0.3) is 0 Å². The molecule has 5 heteroatoms. The Kier molecular flexibility index (Phi) is 19.5. The van der Waals surface area contributed by atoms with Gasteiger partial charge >= 0.3 is 0 Å². The quantitative estimate of drug-likeness (QED) is 0.0920. The second kappa shape index (κ2) is 22.6. The summed E-state index contributed by atoms with van der Waals surface area (Å²) in [6.07, 6.45) is 37.7. The molecule has 0 saturated heterocycles. The highest BCUT2D eigenvalue weighted by Crippen LogP contribution is 2.15. The van der Waals surface area contributed by atoms with Crippen LogP contribution in [0.2, 0.25) is 0 Å². The van der Waals surface area contributed by atoms with Crippen molar-refractivity contribution >= 4 is 5.91 Å². The molecule has 198 valence electrons. The van der Waals surface area contributed by atoms with E-state index in [1.165, 1.54) is 0 Å². The maximum absolute atomic E-state index is 12.0. The molecule has 0 aliphatic heterocycles. The van der Waals surface area contributed by atoms with Crippen molar-refractivity contribution in [1.82, 2.24) is 10.6 Å². The molecule has 0 aromatic heterocycles. The number of hydrogen-bond donors (Lipinski definition) is 4. The Bertz CT molecular complexity index is 829. The van der Waals surface area contributed by atoms with Crippen LogP contribution >= 0.6 is 0 Å². The minimum Gasteiger partial charge on any atom is -0.507 e. The van der Waals surface area contributed by atoms with E-state index in [1.807, 2.05) is 0 Å². The van der Waals surface area contributed by atoms with E-state index in [-0.39, 0.29) is 11.7 Å². The molecule has 0 saturated carbocycles. The van der Waals surface area contributed by atoms with Crippen molar-refractivity contribution in [2.45, 2.75) is 77.4 Å². The first kappa shape index (κ1) is 31.1. The van der Waals surface area contributed by atoms with Gasteiger partial charge in [0, 0.05) is 13.1 Å². The Labute approximate surface area is 218 Å². The zero-order chi connectivity index (χ0) is 26.1. The van der Waals surface area contributed by atoms with Crippen molar-refractivity contribution in [2.75, 3.05) is 13.1 Å². The Balaban J connectivity index is 1.97. The Morgan fingerprint density at radius 3 is 1.83 bits per heavy atom. The smallest absolute Gasteiger partial charge is 0.254 e. The van der Waals surface area contributed by atoms with E-state index in [1.54, 1.807) is 12.2 Å². The van der Waals surface area contributed by atoms with E-state index < -0.39 is 6.23 Å². The summed E-state index contributed by atoms with van der Waals surface area (Å²) in [4.78, 5) is 12.0. The molecule has 1 aliphatic rings. The maximum atomic E-state index is 12.0. The summed E-state index contributed by atoms with van der Waals surface area (Å²) >= 11 is 0. The second-order valence-corrected chi connectivity index (χ2v) is 8.50. The van der Waals surface area contributed by atoms with Gasteiger partial charge in [0.15, 0.2) is 0 Å². The molecule has 36 heavy (non-hydrogen) atoms. The number of carbonyl (C=O) groups excluding carboxylic acids is 1. The molecule has 0 aromatic carbocycles. The molecule has 1 atom stereocenters. The van der Waals surface area contributed by atoms with Gasteiger partial charge < -0.3 is 15.5 Å². The Morgan fingerprint density at radius 2 is 1.31 bits per heavy atom. The molecule has 5 nitrogen and oxygen atoms in total. The van der Waals surface area contributed by atoms with Gasteiger partial charge in [-0.1, -0.05) is 85.9 Å². The SMILES string of the molecule is CC/C=C\C/C=C\C/C=C\C/C=C\C/C=C\C/C=C\CCC(O)NCCNC(=O)C1=CCCC=C1O. The summed E-state index contributed by atoms with van der Waals surface area (Å²) in [5, 5.41) is 25.5. The molecule has 1 unspecified atom stereocenters. The molecule has 0 fully saturated rings. The van der Waals surface area contributed by atoms with Crippen molar-refractivity contribution in [1.29, 1.82) is 0 Å². The molecule has 1 rings (SSSR count). The van der Waals surface area contributed by atoms with Gasteiger partial charge in [-0.15, -0.1) is 0 Å².